The molecule has 2 saturated heterocycles. The number of likely N-dealkylation sites (N-methyl/N-ethyl adjacent to an activating group) is 1. The average molecular weight is 600 g/mol. The van der Waals surface area contributed by atoms with Crippen molar-refractivity contribution in [1.82, 2.24) is 35.3 Å². The Bertz CT molecular complexity index is 1380. The Morgan fingerprint density at radius 3 is 2.27 bits per heavy atom. The molecule has 2 fully saturated rings. The van der Waals surface area contributed by atoms with Gasteiger partial charge in [-0.25, -0.2) is 4.98 Å². The van der Waals surface area contributed by atoms with Crippen LogP contribution in [0.2, 0.25) is 0 Å². The summed E-state index contributed by atoms with van der Waals surface area (Å²) >= 11 is 0. The van der Waals surface area contributed by atoms with Crippen molar-refractivity contribution in [3.63, 3.8) is 0 Å². The smallest absolute Gasteiger partial charge is 0.247 e. The van der Waals surface area contributed by atoms with Gasteiger partial charge in [0.15, 0.2) is 0 Å². The number of fused-ring (bicyclic) bond motifs is 1. The Balaban J connectivity index is 1.36. The molecule has 1 aromatic heterocycles. The normalized spacial score (nSPS) is 20.9. The molecule has 3 aromatic rings. The van der Waals surface area contributed by atoms with E-state index in [0.29, 0.717) is 32.4 Å². The van der Waals surface area contributed by atoms with Crippen LogP contribution < -0.4 is 16.0 Å². The maximum absolute atomic E-state index is 14.2. The van der Waals surface area contributed by atoms with Crippen LogP contribution >= 0.6 is 0 Å². The number of hydrogen-bond acceptors (Lipinski definition) is 6. The molecule has 0 spiro atoms. The van der Waals surface area contributed by atoms with E-state index in [1.807, 2.05) is 65.2 Å². The number of rotatable bonds is 10. The molecule has 44 heavy (non-hydrogen) atoms. The predicted molar refractivity (Wildman–Crippen MR) is 165 cm³/mol. The van der Waals surface area contributed by atoms with Crippen molar-refractivity contribution in [1.29, 1.82) is 0 Å². The summed E-state index contributed by atoms with van der Waals surface area (Å²) in [6.45, 7) is 2.64. The van der Waals surface area contributed by atoms with E-state index < -0.39 is 18.1 Å². The monoisotopic (exact) mass is 599 g/mol. The standard InChI is InChI=1S/C33H41N7O4/c1-23(34-2)31(42)36-27-21-39(29(41)16-18-38-20-17-35-22-38)19-15-26-13-14-28(40(26)33(27)44)32(43)37-30(24-9-5-3-6-10-24)25-11-7-4-8-12-25/h3-12,17,20,22-23,26-28,30,34H,13-16,18-19,21H2,1-2H3,(H,36,42)(H,37,43)/t23-,26+,27-,28?/m0/s1. The van der Waals surface area contributed by atoms with Crippen LogP contribution in [0.5, 0.6) is 0 Å². The zero-order valence-electron chi connectivity index (χ0n) is 25.3. The highest BCUT2D eigenvalue weighted by Crippen LogP contribution is 2.31. The quantitative estimate of drug-likeness (QED) is 0.327. The van der Waals surface area contributed by atoms with E-state index in [1.165, 1.54) is 0 Å². The van der Waals surface area contributed by atoms with Crippen molar-refractivity contribution in [2.75, 3.05) is 20.1 Å². The lowest BCUT2D eigenvalue weighted by Gasteiger charge is -2.39. The van der Waals surface area contributed by atoms with Gasteiger partial charge in [-0.15, -0.1) is 0 Å². The SMILES string of the molecule is CN[C@@H](C)C(=O)N[C@H]1CN(C(=O)CCn2ccnc2)CC[C@H]2CCC(C(=O)NC(c3ccccc3)c3ccccc3)N2C1=O. The maximum atomic E-state index is 14.2. The molecule has 1 unspecified atom stereocenters. The van der Waals surface area contributed by atoms with Crippen LogP contribution in [-0.2, 0) is 25.7 Å². The van der Waals surface area contributed by atoms with Crippen LogP contribution in [0.25, 0.3) is 0 Å². The van der Waals surface area contributed by atoms with Gasteiger partial charge in [-0.1, -0.05) is 60.7 Å². The van der Waals surface area contributed by atoms with Gasteiger partial charge in [0, 0.05) is 44.5 Å². The molecule has 3 N–H and O–H groups in total. The van der Waals surface area contributed by atoms with Crippen LogP contribution in [-0.4, -0.2) is 87.3 Å². The molecule has 2 aliphatic heterocycles. The first kappa shape index (κ1) is 30.9. The maximum Gasteiger partial charge on any atom is 0.247 e. The number of aromatic nitrogens is 2. The molecular formula is C33H41N7O4. The minimum atomic E-state index is -0.981. The molecule has 2 aromatic carbocycles. The topological polar surface area (TPSA) is 129 Å². The molecule has 2 aliphatic rings. The first-order valence-electron chi connectivity index (χ1n) is 15.3. The van der Waals surface area contributed by atoms with Gasteiger partial charge in [-0.2, -0.15) is 0 Å². The number of benzene rings is 2. The molecule has 4 amide bonds. The molecule has 0 bridgehead atoms. The van der Waals surface area contributed by atoms with Gasteiger partial charge in [0.05, 0.1) is 18.4 Å². The van der Waals surface area contributed by atoms with Crippen LogP contribution in [0.4, 0.5) is 0 Å². The average Bonchev–Trinajstić information content (AvgIpc) is 3.73. The molecule has 11 heteroatoms. The fraction of sp³-hybridized carbons (Fsp3) is 0.424. The van der Waals surface area contributed by atoms with Crippen LogP contribution in [0.3, 0.4) is 0 Å². The molecule has 0 aliphatic carbocycles. The number of nitrogens with one attached hydrogen (secondary N) is 3. The lowest BCUT2D eigenvalue weighted by atomic mass is 9.98. The summed E-state index contributed by atoms with van der Waals surface area (Å²) < 4.78 is 1.83. The van der Waals surface area contributed by atoms with E-state index in [9.17, 15) is 19.2 Å². The fourth-order valence-corrected chi connectivity index (χ4v) is 6.08. The number of aryl methyl sites for hydroxylation is 1. The summed E-state index contributed by atoms with van der Waals surface area (Å²) in [6.07, 6.45) is 7.06. The second-order valence-electron chi connectivity index (χ2n) is 11.5. The van der Waals surface area contributed by atoms with Gasteiger partial charge >= 0.3 is 0 Å². The van der Waals surface area contributed by atoms with Crippen molar-refractivity contribution in [3.05, 3.63) is 90.5 Å². The number of amides is 4. The summed E-state index contributed by atoms with van der Waals surface area (Å²) in [6, 6.07) is 16.7. The molecule has 4 atom stereocenters. The Hall–Kier alpha value is -4.51. The number of hydrogen-bond donors (Lipinski definition) is 3. The Morgan fingerprint density at radius 2 is 1.66 bits per heavy atom. The van der Waals surface area contributed by atoms with E-state index in [1.54, 1.807) is 42.5 Å². The minimum absolute atomic E-state index is 0.0397. The third-order valence-corrected chi connectivity index (χ3v) is 8.68. The lowest BCUT2D eigenvalue weighted by molar-refractivity contribution is -0.147. The minimum Gasteiger partial charge on any atom is -0.343 e. The van der Waals surface area contributed by atoms with Crippen molar-refractivity contribution < 1.29 is 19.2 Å². The van der Waals surface area contributed by atoms with E-state index in [4.69, 9.17) is 0 Å². The van der Waals surface area contributed by atoms with Gasteiger partial charge in [-0.3, -0.25) is 19.2 Å². The Morgan fingerprint density at radius 1 is 0.977 bits per heavy atom. The third-order valence-electron chi connectivity index (χ3n) is 8.68. The molecule has 5 rings (SSSR count). The van der Waals surface area contributed by atoms with Crippen molar-refractivity contribution >= 4 is 23.6 Å². The highest BCUT2D eigenvalue weighted by Gasteiger charge is 2.45. The van der Waals surface area contributed by atoms with Gasteiger partial charge in [-0.05, 0) is 44.4 Å². The largest absolute Gasteiger partial charge is 0.343 e. The summed E-state index contributed by atoms with van der Waals surface area (Å²) in [5.74, 6) is -1.02. The van der Waals surface area contributed by atoms with E-state index in [2.05, 4.69) is 20.9 Å². The van der Waals surface area contributed by atoms with Gasteiger partial charge < -0.3 is 30.3 Å². The van der Waals surface area contributed by atoms with Crippen LogP contribution in [0.15, 0.2) is 79.4 Å². The summed E-state index contributed by atoms with van der Waals surface area (Å²) in [7, 11) is 1.67. The van der Waals surface area contributed by atoms with Gasteiger partial charge in [0.2, 0.25) is 23.6 Å². The highest BCUT2D eigenvalue weighted by molar-refractivity contribution is 5.94. The predicted octanol–water partition coefficient (Wildman–Crippen LogP) is 1.86. The highest BCUT2D eigenvalue weighted by atomic mass is 16.2. The fourth-order valence-electron chi connectivity index (χ4n) is 6.08. The first-order chi connectivity index (χ1) is 21.4. The van der Waals surface area contributed by atoms with Crippen molar-refractivity contribution in [2.45, 2.75) is 69.4 Å². The van der Waals surface area contributed by atoms with Gasteiger partial charge in [0.1, 0.15) is 12.1 Å². The summed E-state index contributed by atoms with van der Waals surface area (Å²) in [5.41, 5.74) is 1.88. The van der Waals surface area contributed by atoms with E-state index >= 15 is 0 Å². The number of carbonyl (C=O) groups is 4. The molecular weight excluding hydrogens is 558 g/mol. The molecule has 3 heterocycles. The van der Waals surface area contributed by atoms with Gasteiger partial charge in [0.25, 0.3) is 0 Å². The van der Waals surface area contributed by atoms with E-state index in [0.717, 1.165) is 11.1 Å². The van der Waals surface area contributed by atoms with Crippen LogP contribution in [0.1, 0.15) is 49.8 Å². The first-order valence-corrected chi connectivity index (χ1v) is 15.3. The second kappa shape index (κ2) is 14.3. The Labute approximate surface area is 258 Å². The number of nitrogens with zero attached hydrogens (tertiary/aromatic N) is 4. The lowest BCUT2D eigenvalue weighted by Crippen LogP contribution is -2.62. The zero-order valence-corrected chi connectivity index (χ0v) is 25.3. The van der Waals surface area contributed by atoms with Crippen molar-refractivity contribution in [2.24, 2.45) is 0 Å². The Kier molecular flexibility index (Phi) is 10.1. The molecule has 11 nitrogen and oxygen atoms in total. The molecule has 0 saturated carbocycles. The number of imidazole rings is 1. The van der Waals surface area contributed by atoms with E-state index in [-0.39, 0.29) is 48.7 Å². The molecule has 0 radical (unpaired) electrons. The third kappa shape index (κ3) is 7.16. The van der Waals surface area contributed by atoms with Crippen molar-refractivity contribution in [3.8, 4) is 0 Å². The summed E-state index contributed by atoms with van der Waals surface area (Å²) in [5, 5.41) is 8.99. The van der Waals surface area contributed by atoms with Crippen LogP contribution in [0, 0.1) is 0 Å². The molecule has 232 valence electrons. The second-order valence-corrected chi connectivity index (χ2v) is 11.5. The zero-order chi connectivity index (χ0) is 31.1. The summed E-state index contributed by atoms with van der Waals surface area (Å²) in [4.78, 5) is 61.9. The number of carbonyl (C=O) groups excluding carboxylic acids is 4.